The molecule has 118 valence electrons. The third kappa shape index (κ3) is 2.98. The number of likely N-dealkylation sites (tertiary alicyclic amines) is 2. The van der Waals surface area contributed by atoms with Crippen molar-refractivity contribution in [1.29, 1.82) is 0 Å². The monoisotopic (exact) mass is 298 g/mol. The first kappa shape index (κ1) is 14.6. The van der Waals surface area contributed by atoms with Crippen LogP contribution in [0.1, 0.15) is 25.7 Å². The smallest absolute Gasteiger partial charge is 0.320 e. The number of hydrogen-bond donors (Lipinski definition) is 1. The van der Waals surface area contributed by atoms with Crippen LogP contribution >= 0.6 is 0 Å². The zero-order chi connectivity index (χ0) is 14.9. The number of hydrogen-bond acceptors (Lipinski definition) is 4. The van der Waals surface area contributed by atoms with Crippen LogP contribution in [0.5, 0.6) is 0 Å². The zero-order valence-corrected chi connectivity index (χ0v) is 12.1. The first-order valence-electron chi connectivity index (χ1n) is 7.64. The van der Waals surface area contributed by atoms with E-state index in [0.717, 1.165) is 6.42 Å². The second-order valence-electron chi connectivity index (χ2n) is 6.00. The van der Waals surface area contributed by atoms with Gasteiger partial charge in [0, 0.05) is 39.0 Å². The molecular formula is C14H22N2O5. The molecule has 3 saturated heterocycles. The van der Waals surface area contributed by atoms with Gasteiger partial charge in [-0.2, -0.15) is 0 Å². The summed E-state index contributed by atoms with van der Waals surface area (Å²) in [4.78, 5) is 27.1. The number of aliphatic carboxylic acids is 1. The van der Waals surface area contributed by atoms with Crippen LogP contribution in [0, 0.1) is 5.92 Å². The Morgan fingerprint density at radius 3 is 2.33 bits per heavy atom. The number of rotatable bonds is 1. The van der Waals surface area contributed by atoms with Crippen LogP contribution < -0.4 is 0 Å². The van der Waals surface area contributed by atoms with Crippen LogP contribution in [0.3, 0.4) is 0 Å². The van der Waals surface area contributed by atoms with Crippen LogP contribution in [0.2, 0.25) is 0 Å². The van der Waals surface area contributed by atoms with Crippen molar-refractivity contribution in [2.45, 2.75) is 31.5 Å². The van der Waals surface area contributed by atoms with E-state index in [9.17, 15) is 9.59 Å². The molecule has 7 heteroatoms. The Kier molecular flexibility index (Phi) is 4.03. The van der Waals surface area contributed by atoms with Gasteiger partial charge in [-0.1, -0.05) is 0 Å². The maximum atomic E-state index is 12.5. The van der Waals surface area contributed by atoms with Crippen LogP contribution in [-0.2, 0) is 14.3 Å². The lowest BCUT2D eigenvalue weighted by atomic mass is 9.98. The summed E-state index contributed by atoms with van der Waals surface area (Å²) < 4.78 is 11.3. The summed E-state index contributed by atoms with van der Waals surface area (Å²) in [6.45, 7) is 3.43. The van der Waals surface area contributed by atoms with E-state index in [2.05, 4.69) is 0 Å². The number of carboxylic acid groups (broad SMARTS) is 1. The number of carbonyl (C=O) groups is 2. The molecule has 0 aromatic rings. The van der Waals surface area contributed by atoms with Crippen molar-refractivity contribution >= 4 is 12.0 Å². The second kappa shape index (κ2) is 5.81. The Morgan fingerprint density at radius 2 is 1.71 bits per heavy atom. The third-order valence-electron chi connectivity index (χ3n) is 4.65. The van der Waals surface area contributed by atoms with Gasteiger partial charge in [0.15, 0.2) is 5.79 Å². The summed E-state index contributed by atoms with van der Waals surface area (Å²) in [5.74, 6) is -1.72. The number of urea groups is 1. The highest BCUT2D eigenvalue weighted by Gasteiger charge is 2.42. The van der Waals surface area contributed by atoms with E-state index >= 15 is 0 Å². The lowest BCUT2D eigenvalue weighted by Crippen LogP contribution is -2.53. The molecule has 0 saturated carbocycles. The predicted molar refractivity (Wildman–Crippen MR) is 72.8 cm³/mol. The molecule has 0 aromatic carbocycles. The van der Waals surface area contributed by atoms with Crippen LogP contribution in [-0.4, -0.2) is 72.1 Å². The highest BCUT2D eigenvalue weighted by Crippen LogP contribution is 2.31. The van der Waals surface area contributed by atoms with Gasteiger partial charge in [-0.25, -0.2) is 4.79 Å². The Hall–Kier alpha value is -1.34. The van der Waals surface area contributed by atoms with Gasteiger partial charge in [0.25, 0.3) is 0 Å². The lowest BCUT2D eigenvalue weighted by Gasteiger charge is -2.41. The molecule has 1 unspecified atom stereocenters. The molecule has 3 aliphatic heterocycles. The van der Waals surface area contributed by atoms with Gasteiger partial charge in [-0.05, 0) is 12.8 Å². The quantitative estimate of drug-likeness (QED) is 0.772. The molecule has 21 heavy (non-hydrogen) atoms. The number of piperidine rings is 2. The molecular weight excluding hydrogens is 276 g/mol. The Bertz CT molecular complexity index is 412. The maximum absolute atomic E-state index is 12.5. The van der Waals surface area contributed by atoms with Crippen molar-refractivity contribution in [3.8, 4) is 0 Å². The third-order valence-corrected chi connectivity index (χ3v) is 4.65. The molecule has 3 fully saturated rings. The molecule has 0 bridgehead atoms. The van der Waals surface area contributed by atoms with Gasteiger partial charge in [0.2, 0.25) is 0 Å². The molecule has 0 radical (unpaired) electrons. The fourth-order valence-electron chi connectivity index (χ4n) is 3.38. The van der Waals surface area contributed by atoms with Crippen molar-refractivity contribution in [2.75, 3.05) is 39.4 Å². The summed E-state index contributed by atoms with van der Waals surface area (Å²) in [7, 11) is 0. The number of carboxylic acids is 1. The fourth-order valence-corrected chi connectivity index (χ4v) is 3.38. The summed E-state index contributed by atoms with van der Waals surface area (Å²) in [6.07, 6.45) is 2.79. The average molecular weight is 298 g/mol. The molecule has 1 N–H and O–H groups in total. The molecule has 0 aromatic heterocycles. The van der Waals surface area contributed by atoms with Gasteiger partial charge >= 0.3 is 12.0 Å². The van der Waals surface area contributed by atoms with Crippen molar-refractivity contribution in [3.05, 3.63) is 0 Å². The number of nitrogens with zero attached hydrogens (tertiary/aromatic N) is 2. The average Bonchev–Trinajstić information content (AvgIpc) is 2.96. The van der Waals surface area contributed by atoms with E-state index in [4.69, 9.17) is 14.6 Å². The molecule has 1 spiro atoms. The van der Waals surface area contributed by atoms with Gasteiger partial charge in [0.05, 0.1) is 19.1 Å². The van der Waals surface area contributed by atoms with E-state index in [0.29, 0.717) is 58.7 Å². The Labute approximate surface area is 123 Å². The summed E-state index contributed by atoms with van der Waals surface area (Å²) in [5.41, 5.74) is 0. The van der Waals surface area contributed by atoms with Gasteiger partial charge in [0.1, 0.15) is 0 Å². The van der Waals surface area contributed by atoms with Gasteiger partial charge in [-0.3, -0.25) is 4.79 Å². The van der Waals surface area contributed by atoms with Gasteiger partial charge < -0.3 is 24.4 Å². The van der Waals surface area contributed by atoms with Crippen LogP contribution in [0.25, 0.3) is 0 Å². The van der Waals surface area contributed by atoms with Crippen molar-refractivity contribution in [3.63, 3.8) is 0 Å². The van der Waals surface area contributed by atoms with Crippen molar-refractivity contribution < 1.29 is 24.2 Å². The number of carbonyl (C=O) groups excluding carboxylic acids is 1. The minimum absolute atomic E-state index is 0.0474. The first-order valence-corrected chi connectivity index (χ1v) is 7.64. The Balaban J connectivity index is 1.55. The summed E-state index contributed by atoms with van der Waals surface area (Å²) in [6, 6.07) is -0.0474. The van der Waals surface area contributed by atoms with E-state index in [-0.39, 0.29) is 6.03 Å². The largest absolute Gasteiger partial charge is 0.481 e. The SMILES string of the molecule is O=C(O)C1CCCN(C(=O)N2CCC3(CC2)OCCO3)C1. The highest BCUT2D eigenvalue weighted by molar-refractivity contribution is 5.76. The molecule has 7 nitrogen and oxygen atoms in total. The zero-order valence-electron chi connectivity index (χ0n) is 12.1. The topological polar surface area (TPSA) is 79.3 Å². The first-order chi connectivity index (χ1) is 10.1. The molecule has 3 heterocycles. The molecule has 1 atom stereocenters. The summed E-state index contributed by atoms with van der Waals surface area (Å²) >= 11 is 0. The highest BCUT2D eigenvalue weighted by atomic mass is 16.7. The molecule has 3 rings (SSSR count). The number of amides is 2. The maximum Gasteiger partial charge on any atom is 0.320 e. The van der Waals surface area contributed by atoms with Crippen molar-refractivity contribution in [1.82, 2.24) is 9.80 Å². The van der Waals surface area contributed by atoms with E-state index in [1.807, 2.05) is 0 Å². The van der Waals surface area contributed by atoms with Crippen molar-refractivity contribution in [2.24, 2.45) is 5.92 Å². The molecule has 0 aliphatic carbocycles. The van der Waals surface area contributed by atoms with E-state index < -0.39 is 17.7 Å². The minimum Gasteiger partial charge on any atom is -0.481 e. The van der Waals surface area contributed by atoms with Crippen LogP contribution in [0.4, 0.5) is 4.79 Å². The van der Waals surface area contributed by atoms with E-state index in [1.54, 1.807) is 9.80 Å². The van der Waals surface area contributed by atoms with Gasteiger partial charge in [-0.15, -0.1) is 0 Å². The Morgan fingerprint density at radius 1 is 1.05 bits per heavy atom. The normalized spacial score (nSPS) is 28.9. The summed E-state index contributed by atoms with van der Waals surface area (Å²) in [5, 5.41) is 9.10. The molecule has 3 aliphatic rings. The number of ether oxygens (including phenoxy) is 2. The molecule has 2 amide bonds. The van der Waals surface area contributed by atoms with E-state index in [1.165, 1.54) is 0 Å². The predicted octanol–water partition coefficient (Wildman–Crippen LogP) is 0.742. The standard InChI is InChI=1S/C14H22N2O5/c17-12(18)11-2-1-5-16(10-11)13(19)15-6-3-14(4-7-15)20-8-9-21-14/h11H,1-10H2,(H,17,18). The lowest BCUT2D eigenvalue weighted by molar-refractivity contribution is -0.182. The second-order valence-corrected chi connectivity index (χ2v) is 6.00. The van der Waals surface area contributed by atoms with Crippen LogP contribution in [0.15, 0.2) is 0 Å². The minimum atomic E-state index is -0.808. The fraction of sp³-hybridized carbons (Fsp3) is 0.857.